The smallest absolute Gasteiger partial charge is 0.261 e. The molecule has 130 valence electrons. The van der Waals surface area contributed by atoms with Crippen LogP contribution in [0.2, 0.25) is 0 Å². The van der Waals surface area contributed by atoms with Crippen molar-refractivity contribution in [3.8, 4) is 0 Å². The fourth-order valence-corrected chi connectivity index (χ4v) is 5.26. The number of nitrogens with zero attached hydrogens (tertiary/aromatic N) is 1. The van der Waals surface area contributed by atoms with Crippen LogP contribution in [0.25, 0.3) is 0 Å². The SMILES string of the molecule is O=C(N[C@H]1C[C@@H]2C[C@H]1CN2C(=O)CSc1ccccc1)c1cccs1. The highest BCUT2D eigenvalue weighted by atomic mass is 32.2. The van der Waals surface area contributed by atoms with Gasteiger partial charge in [0.15, 0.2) is 0 Å². The van der Waals surface area contributed by atoms with Crippen molar-refractivity contribution >= 4 is 34.9 Å². The Morgan fingerprint density at radius 2 is 2.00 bits per heavy atom. The number of hydrogen-bond acceptors (Lipinski definition) is 4. The molecule has 4 nitrogen and oxygen atoms in total. The van der Waals surface area contributed by atoms with E-state index in [1.807, 2.05) is 52.7 Å². The van der Waals surface area contributed by atoms with Crippen molar-refractivity contribution in [2.45, 2.75) is 29.8 Å². The second-order valence-corrected chi connectivity index (χ2v) is 8.59. The predicted molar refractivity (Wildman–Crippen MR) is 101 cm³/mol. The molecule has 1 saturated carbocycles. The van der Waals surface area contributed by atoms with E-state index in [0.29, 0.717) is 11.7 Å². The highest BCUT2D eigenvalue weighted by Crippen LogP contribution is 2.38. The summed E-state index contributed by atoms with van der Waals surface area (Å²) in [4.78, 5) is 28.7. The molecule has 2 aliphatic rings. The molecule has 2 heterocycles. The van der Waals surface area contributed by atoms with Crippen molar-refractivity contribution in [3.05, 3.63) is 52.7 Å². The van der Waals surface area contributed by atoms with Crippen LogP contribution in [0.15, 0.2) is 52.7 Å². The molecule has 0 radical (unpaired) electrons. The standard InChI is InChI=1S/C19H20N2O2S2/c22-18(12-25-15-5-2-1-3-6-15)21-11-13-9-14(21)10-16(13)20-19(23)17-7-4-8-24-17/h1-8,13-14,16H,9-12H2,(H,20,23)/t13-,14-,16-/m0/s1. The van der Waals surface area contributed by atoms with Gasteiger partial charge in [0, 0.05) is 23.5 Å². The minimum atomic E-state index is 0.0186. The Balaban J connectivity index is 1.29. The van der Waals surface area contributed by atoms with Crippen LogP contribution in [0, 0.1) is 5.92 Å². The molecule has 3 atom stereocenters. The van der Waals surface area contributed by atoms with Crippen LogP contribution in [0.4, 0.5) is 0 Å². The lowest BCUT2D eigenvalue weighted by Crippen LogP contribution is -2.48. The van der Waals surface area contributed by atoms with Gasteiger partial charge in [-0.1, -0.05) is 24.3 Å². The molecule has 1 aromatic carbocycles. The van der Waals surface area contributed by atoms with Crippen LogP contribution in [-0.4, -0.2) is 41.1 Å². The Hall–Kier alpha value is -1.79. The largest absolute Gasteiger partial charge is 0.348 e. The Morgan fingerprint density at radius 1 is 1.16 bits per heavy atom. The molecule has 1 aliphatic heterocycles. The molecule has 6 heteroatoms. The predicted octanol–water partition coefficient (Wildman–Crippen LogP) is 3.26. The molecule has 25 heavy (non-hydrogen) atoms. The first kappa shape index (κ1) is 16.7. The summed E-state index contributed by atoms with van der Waals surface area (Å²) in [7, 11) is 0. The van der Waals surface area contributed by atoms with E-state index < -0.39 is 0 Å². The van der Waals surface area contributed by atoms with E-state index in [1.54, 1.807) is 11.8 Å². The van der Waals surface area contributed by atoms with Gasteiger partial charge in [-0.05, 0) is 42.3 Å². The van der Waals surface area contributed by atoms with E-state index in [9.17, 15) is 9.59 Å². The maximum Gasteiger partial charge on any atom is 0.261 e. The molecule has 2 amide bonds. The number of thioether (sulfide) groups is 1. The van der Waals surface area contributed by atoms with Crippen molar-refractivity contribution in [3.63, 3.8) is 0 Å². The minimum Gasteiger partial charge on any atom is -0.348 e. The van der Waals surface area contributed by atoms with Crippen LogP contribution >= 0.6 is 23.1 Å². The van der Waals surface area contributed by atoms with Crippen molar-refractivity contribution in [2.24, 2.45) is 5.92 Å². The summed E-state index contributed by atoms with van der Waals surface area (Å²) < 4.78 is 0. The summed E-state index contributed by atoms with van der Waals surface area (Å²) in [5.41, 5.74) is 0. The summed E-state index contributed by atoms with van der Waals surface area (Å²) >= 11 is 3.06. The first-order valence-electron chi connectivity index (χ1n) is 8.52. The molecule has 0 unspecified atom stereocenters. The van der Waals surface area contributed by atoms with Crippen LogP contribution in [-0.2, 0) is 4.79 Å². The monoisotopic (exact) mass is 372 g/mol. The molecule has 2 aromatic rings. The molecule has 0 spiro atoms. The molecular weight excluding hydrogens is 352 g/mol. The van der Waals surface area contributed by atoms with E-state index in [1.165, 1.54) is 11.3 Å². The van der Waals surface area contributed by atoms with Gasteiger partial charge in [-0.25, -0.2) is 0 Å². The quantitative estimate of drug-likeness (QED) is 0.820. The maximum absolute atomic E-state index is 12.5. The normalized spacial score (nSPS) is 24.5. The summed E-state index contributed by atoms with van der Waals surface area (Å²) in [6.45, 7) is 0.772. The van der Waals surface area contributed by atoms with Crippen molar-refractivity contribution in [2.75, 3.05) is 12.3 Å². The minimum absolute atomic E-state index is 0.0186. The number of thiophene rings is 1. The van der Waals surface area contributed by atoms with Crippen LogP contribution < -0.4 is 5.32 Å². The number of benzene rings is 1. The third kappa shape index (κ3) is 3.60. The fourth-order valence-electron chi connectivity index (χ4n) is 3.83. The first-order valence-corrected chi connectivity index (χ1v) is 10.4. The van der Waals surface area contributed by atoms with E-state index in [2.05, 4.69) is 5.32 Å². The van der Waals surface area contributed by atoms with Gasteiger partial charge >= 0.3 is 0 Å². The Labute approximate surface area is 155 Å². The van der Waals surface area contributed by atoms with E-state index >= 15 is 0 Å². The van der Waals surface area contributed by atoms with Crippen molar-refractivity contribution in [1.82, 2.24) is 10.2 Å². The highest BCUT2D eigenvalue weighted by Gasteiger charge is 2.46. The van der Waals surface area contributed by atoms with Gasteiger partial charge in [0.25, 0.3) is 5.91 Å². The van der Waals surface area contributed by atoms with Gasteiger partial charge in [-0.3, -0.25) is 9.59 Å². The number of nitrogens with one attached hydrogen (secondary N) is 1. The molecule has 1 saturated heterocycles. The maximum atomic E-state index is 12.5. The second kappa shape index (κ2) is 7.22. The van der Waals surface area contributed by atoms with Gasteiger partial charge in [0.1, 0.15) is 0 Å². The number of amides is 2. The zero-order chi connectivity index (χ0) is 17.2. The molecule has 1 aliphatic carbocycles. The Morgan fingerprint density at radius 3 is 2.68 bits per heavy atom. The third-order valence-electron chi connectivity index (χ3n) is 5.03. The summed E-state index contributed by atoms with van der Waals surface area (Å²) in [6.07, 6.45) is 1.89. The van der Waals surface area contributed by atoms with Crippen LogP contribution in [0.3, 0.4) is 0 Å². The van der Waals surface area contributed by atoms with Gasteiger partial charge < -0.3 is 10.2 Å². The molecule has 4 rings (SSSR count). The number of rotatable bonds is 5. The molecule has 2 bridgehead atoms. The number of likely N-dealkylation sites (tertiary alicyclic amines) is 1. The average Bonchev–Trinajstić information content (AvgIpc) is 3.37. The number of carbonyl (C=O) groups excluding carboxylic acids is 2. The number of carbonyl (C=O) groups is 2. The van der Waals surface area contributed by atoms with Crippen LogP contribution in [0.1, 0.15) is 22.5 Å². The Bertz CT molecular complexity index is 748. The number of fused-ring (bicyclic) bond motifs is 2. The third-order valence-corrected chi connectivity index (χ3v) is 6.89. The van der Waals surface area contributed by atoms with Gasteiger partial charge in [0.05, 0.1) is 10.6 Å². The van der Waals surface area contributed by atoms with Crippen molar-refractivity contribution in [1.29, 1.82) is 0 Å². The molecular formula is C19H20N2O2S2. The lowest BCUT2D eigenvalue weighted by atomic mass is 10.0. The molecule has 1 aromatic heterocycles. The summed E-state index contributed by atoms with van der Waals surface area (Å²) in [5.74, 6) is 1.11. The average molecular weight is 373 g/mol. The van der Waals surface area contributed by atoms with E-state index in [-0.39, 0.29) is 23.9 Å². The van der Waals surface area contributed by atoms with Crippen molar-refractivity contribution < 1.29 is 9.59 Å². The first-order chi connectivity index (χ1) is 12.2. The molecule has 1 N–H and O–H groups in total. The summed E-state index contributed by atoms with van der Waals surface area (Å²) in [6, 6.07) is 14.3. The van der Waals surface area contributed by atoms with Gasteiger partial charge in [-0.15, -0.1) is 23.1 Å². The van der Waals surface area contributed by atoms with E-state index in [0.717, 1.165) is 29.2 Å². The van der Waals surface area contributed by atoms with E-state index in [4.69, 9.17) is 0 Å². The summed E-state index contributed by atoms with van der Waals surface area (Å²) in [5, 5.41) is 5.08. The molecule has 2 fully saturated rings. The topological polar surface area (TPSA) is 49.4 Å². The van der Waals surface area contributed by atoms with Crippen LogP contribution in [0.5, 0.6) is 0 Å². The van der Waals surface area contributed by atoms with Gasteiger partial charge in [-0.2, -0.15) is 0 Å². The number of piperidine rings is 1. The number of hydrogen-bond donors (Lipinski definition) is 1. The zero-order valence-electron chi connectivity index (χ0n) is 13.8. The lowest BCUT2D eigenvalue weighted by Gasteiger charge is -2.32. The second-order valence-electron chi connectivity index (χ2n) is 6.59. The van der Waals surface area contributed by atoms with Gasteiger partial charge in [0.2, 0.25) is 5.91 Å². The lowest BCUT2D eigenvalue weighted by molar-refractivity contribution is -0.130. The highest BCUT2D eigenvalue weighted by molar-refractivity contribution is 8.00. The Kier molecular flexibility index (Phi) is 4.81. The zero-order valence-corrected chi connectivity index (χ0v) is 15.4. The fraction of sp³-hybridized carbons (Fsp3) is 0.368.